The predicted molar refractivity (Wildman–Crippen MR) is 70.7 cm³/mol. The standard InChI is InChI=1S/C13H13ClN2O2/c1-2-9(13(17)18)5-6-16-11-4-3-10(8-15)12(14)7-11/h3-5,7,16H,2,6H2,1H3,(H,17,18)/b9-5-. The number of carboxylic acid groups (broad SMARTS) is 1. The number of hydrogen-bond donors (Lipinski definition) is 2. The fraction of sp³-hybridized carbons (Fsp3) is 0.231. The fourth-order valence-electron chi connectivity index (χ4n) is 1.39. The molecule has 0 radical (unpaired) electrons. The van der Waals surface area contributed by atoms with Crippen molar-refractivity contribution in [3.8, 4) is 6.07 Å². The van der Waals surface area contributed by atoms with Crippen molar-refractivity contribution in [1.82, 2.24) is 0 Å². The molecule has 0 bridgehead atoms. The van der Waals surface area contributed by atoms with Crippen molar-refractivity contribution in [2.24, 2.45) is 0 Å². The second kappa shape index (κ2) is 6.67. The Morgan fingerprint density at radius 1 is 1.61 bits per heavy atom. The van der Waals surface area contributed by atoms with Crippen LogP contribution in [0.4, 0.5) is 5.69 Å². The van der Waals surface area contributed by atoms with Crippen molar-refractivity contribution >= 4 is 23.3 Å². The van der Waals surface area contributed by atoms with E-state index in [0.717, 1.165) is 5.69 Å². The van der Waals surface area contributed by atoms with E-state index in [4.69, 9.17) is 22.0 Å². The molecule has 1 rings (SSSR count). The Balaban J connectivity index is 2.68. The molecular formula is C13H13ClN2O2. The molecule has 0 saturated heterocycles. The van der Waals surface area contributed by atoms with E-state index in [9.17, 15) is 4.79 Å². The van der Waals surface area contributed by atoms with Crippen molar-refractivity contribution < 1.29 is 9.90 Å². The van der Waals surface area contributed by atoms with Crippen molar-refractivity contribution in [1.29, 1.82) is 5.26 Å². The first-order valence-electron chi connectivity index (χ1n) is 5.44. The summed E-state index contributed by atoms with van der Waals surface area (Å²) < 4.78 is 0. The zero-order chi connectivity index (χ0) is 13.5. The van der Waals surface area contributed by atoms with Gasteiger partial charge in [-0.05, 0) is 24.6 Å². The maximum Gasteiger partial charge on any atom is 0.331 e. The summed E-state index contributed by atoms with van der Waals surface area (Å²) in [4.78, 5) is 10.8. The van der Waals surface area contributed by atoms with Gasteiger partial charge in [0.1, 0.15) is 6.07 Å². The molecular weight excluding hydrogens is 252 g/mol. The summed E-state index contributed by atoms with van der Waals surface area (Å²) >= 11 is 5.88. The van der Waals surface area contributed by atoms with Crippen LogP contribution < -0.4 is 5.32 Å². The van der Waals surface area contributed by atoms with Gasteiger partial charge in [0.05, 0.1) is 10.6 Å². The normalized spacial score (nSPS) is 10.8. The number of rotatable bonds is 5. The molecule has 18 heavy (non-hydrogen) atoms. The van der Waals surface area contributed by atoms with E-state index in [-0.39, 0.29) is 0 Å². The van der Waals surface area contributed by atoms with Crippen LogP contribution in [-0.2, 0) is 4.79 Å². The summed E-state index contributed by atoms with van der Waals surface area (Å²) in [6.07, 6.45) is 2.10. The SMILES string of the molecule is CC/C(=C/CNc1ccc(C#N)c(Cl)c1)C(=O)O. The third-order valence-electron chi connectivity index (χ3n) is 2.40. The summed E-state index contributed by atoms with van der Waals surface area (Å²) in [6.45, 7) is 2.19. The van der Waals surface area contributed by atoms with Crippen molar-refractivity contribution in [2.45, 2.75) is 13.3 Å². The monoisotopic (exact) mass is 264 g/mol. The number of nitriles is 1. The smallest absolute Gasteiger partial charge is 0.331 e. The summed E-state index contributed by atoms with van der Waals surface area (Å²) in [7, 11) is 0. The van der Waals surface area contributed by atoms with E-state index < -0.39 is 5.97 Å². The van der Waals surface area contributed by atoms with Crippen LogP contribution in [0.5, 0.6) is 0 Å². The molecule has 2 N–H and O–H groups in total. The Bertz CT molecular complexity index is 518. The molecule has 1 aromatic rings. The molecule has 0 spiro atoms. The Labute approximate surface area is 110 Å². The van der Waals surface area contributed by atoms with Crippen LogP contribution >= 0.6 is 11.6 Å². The summed E-state index contributed by atoms with van der Waals surface area (Å²) in [5, 5.41) is 20.9. The largest absolute Gasteiger partial charge is 0.478 e. The van der Waals surface area contributed by atoms with Gasteiger partial charge in [-0.25, -0.2) is 4.79 Å². The number of aliphatic carboxylic acids is 1. The first kappa shape index (κ1) is 14.1. The van der Waals surface area contributed by atoms with Gasteiger partial charge >= 0.3 is 5.97 Å². The van der Waals surface area contributed by atoms with Crippen molar-refractivity contribution in [3.63, 3.8) is 0 Å². The summed E-state index contributed by atoms with van der Waals surface area (Å²) in [5.74, 6) is -0.905. The molecule has 0 aliphatic heterocycles. The van der Waals surface area contributed by atoms with Crippen LogP contribution in [-0.4, -0.2) is 17.6 Å². The quantitative estimate of drug-likeness (QED) is 0.802. The van der Waals surface area contributed by atoms with Crippen LogP contribution in [0.1, 0.15) is 18.9 Å². The number of carboxylic acids is 1. The first-order valence-corrected chi connectivity index (χ1v) is 5.82. The van der Waals surface area contributed by atoms with Gasteiger partial charge in [-0.1, -0.05) is 24.6 Å². The highest BCUT2D eigenvalue weighted by Crippen LogP contribution is 2.20. The van der Waals surface area contributed by atoms with Crippen molar-refractivity contribution in [3.05, 3.63) is 40.4 Å². The van der Waals surface area contributed by atoms with Crippen molar-refractivity contribution in [2.75, 3.05) is 11.9 Å². The molecule has 5 heteroatoms. The lowest BCUT2D eigenvalue weighted by molar-refractivity contribution is -0.132. The maximum absolute atomic E-state index is 10.8. The number of nitrogens with one attached hydrogen (secondary N) is 1. The van der Waals surface area contributed by atoms with Crippen LogP contribution in [0, 0.1) is 11.3 Å². The fourth-order valence-corrected chi connectivity index (χ4v) is 1.61. The van der Waals surface area contributed by atoms with Gasteiger partial charge < -0.3 is 10.4 Å². The average Bonchev–Trinajstić information content (AvgIpc) is 2.34. The van der Waals surface area contributed by atoms with Gasteiger partial charge in [-0.15, -0.1) is 0 Å². The Hall–Kier alpha value is -1.99. The lowest BCUT2D eigenvalue weighted by Crippen LogP contribution is -2.04. The zero-order valence-corrected chi connectivity index (χ0v) is 10.7. The summed E-state index contributed by atoms with van der Waals surface area (Å²) in [5.41, 5.74) is 1.52. The van der Waals surface area contributed by atoms with E-state index in [1.807, 2.05) is 6.07 Å². The minimum absolute atomic E-state index is 0.363. The van der Waals surface area contributed by atoms with E-state index >= 15 is 0 Å². The van der Waals surface area contributed by atoms with E-state index in [1.54, 1.807) is 31.2 Å². The highest BCUT2D eigenvalue weighted by atomic mass is 35.5. The van der Waals surface area contributed by atoms with E-state index in [1.165, 1.54) is 0 Å². The Kier molecular flexibility index (Phi) is 5.22. The molecule has 0 heterocycles. The number of benzene rings is 1. The van der Waals surface area contributed by atoms with Crippen LogP contribution in [0.15, 0.2) is 29.8 Å². The minimum atomic E-state index is -0.905. The van der Waals surface area contributed by atoms with Gasteiger partial charge in [-0.3, -0.25) is 0 Å². The summed E-state index contributed by atoms with van der Waals surface area (Å²) in [6, 6.07) is 6.95. The zero-order valence-electron chi connectivity index (χ0n) is 9.90. The second-order valence-corrected chi connectivity index (χ2v) is 3.98. The molecule has 0 amide bonds. The van der Waals surface area contributed by atoms with Gasteiger partial charge in [0.25, 0.3) is 0 Å². The van der Waals surface area contributed by atoms with Gasteiger partial charge in [0, 0.05) is 17.8 Å². The third-order valence-corrected chi connectivity index (χ3v) is 2.71. The molecule has 0 aliphatic rings. The molecule has 1 aromatic carbocycles. The molecule has 0 aromatic heterocycles. The maximum atomic E-state index is 10.8. The Morgan fingerprint density at radius 2 is 2.33 bits per heavy atom. The first-order chi connectivity index (χ1) is 8.58. The van der Waals surface area contributed by atoms with Gasteiger partial charge in [0.2, 0.25) is 0 Å². The third kappa shape index (κ3) is 3.79. The topological polar surface area (TPSA) is 73.1 Å². The Morgan fingerprint density at radius 3 is 2.83 bits per heavy atom. The van der Waals surface area contributed by atoms with Crippen LogP contribution in [0.25, 0.3) is 0 Å². The second-order valence-electron chi connectivity index (χ2n) is 3.58. The number of anilines is 1. The number of nitrogens with zero attached hydrogens (tertiary/aromatic N) is 1. The van der Waals surface area contributed by atoms with E-state index in [0.29, 0.717) is 29.1 Å². The highest BCUT2D eigenvalue weighted by molar-refractivity contribution is 6.32. The van der Waals surface area contributed by atoms with Crippen LogP contribution in [0.2, 0.25) is 5.02 Å². The molecule has 0 unspecified atom stereocenters. The number of hydrogen-bond acceptors (Lipinski definition) is 3. The minimum Gasteiger partial charge on any atom is -0.478 e. The number of carbonyl (C=O) groups is 1. The molecule has 0 fully saturated rings. The average molecular weight is 265 g/mol. The predicted octanol–water partition coefficient (Wildman–Crippen LogP) is 3.04. The van der Waals surface area contributed by atoms with Crippen LogP contribution in [0.3, 0.4) is 0 Å². The highest BCUT2D eigenvalue weighted by Gasteiger charge is 2.03. The lowest BCUT2D eigenvalue weighted by atomic mass is 10.2. The van der Waals surface area contributed by atoms with E-state index in [2.05, 4.69) is 5.32 Å². The molecule has 0 atom stereocenters. The molecule has 4 nitrogen and oxygen atoms in total. The molecule has 0 saturated carbocycles. The van der Waals surface area contributed by atoms with Gasteiger partial charge in [0.15, 0.2) is 0 Å². The molecule has 0 aliphatic carbocycles. The molecule has 94 valence electrons. The lowest BCUT2D eigenvalue weighted by Gasteiger charge is -2.05. The number of halogens is 1. The van der Waals surface area contributed by atoms with Gasteiger partial charge in [-0.2, -0.15) is 5.26 Å².